The predicted molar refractivity (Wildman–Crippen MR) is 131 cm³/mol. The molecule has 6 heteroatoms. The normalized spacial score (nSPS) is 20.4. The highest BCUT2D eigenvalue weighted by molar-refractivity contribution is 6.46. The third-order valence-electron chi connectivity index (χ3n) is 6.49. The maximum atomic E-state index is 13.3. The van der Waals surface area contributed by atoms with Crippen LogP contribution in [-0.2, 0) is 9.59 Å². The van der Waals surface area contributed by atoms with Gasteiger partial charge in [0, 0.05) is 11.6 Å². The Morgan fingerprint density at radius 3 is 2.50 bits per heavy atom. The van der Waals surface area contributed by atoms with E-state index >= 15 is 0 Å². The Morgan fingerprint density at radius 1 is 1.12 bits per heavy atom. The average Bonchev–Trinajstić information content (AvgIpc) is 3.42. The van der Waals surface area contributed by atoms with Gasteiger partial charge in [-0.2, -0.15) is 0 Å². The SMILES string of the molecule is CCOc1cccc(C2/C(=C(\O)c3ccc(OC(C)C)c(C)c3)C(=O)C(=O)N2C2CCCC2)c1. The van der Waals surface area contributed by atoms with E-state index in [1.807, 2.05) is 52.0 Å². The molecule has 0 aromatic heterocycles. The molecular formula is C28H33NO5. The molecule has 34 heavy (non-hydrogen) atoms. The fraction of sp³-hybridized carbons (Fsp3) is 0.429. The van der Waals surface area contributed by atoms with Gasteiger partial charge in [-0.15, -0.1) is 0 Å². The molecule has 1 saturated carbocycles. The van der Waals surface area contributed by atoms with Gasteiger partial charge in [0.1, 0.15) is 17.3 Å². The van der Waals surface area contributed by atoms with Gasteiger partial charge in [-0.25, -0.2) is 0 Å². The Kier molecular flexibility index (Phi) is 6.96. The van der Waals surface area contributed by atoms with Crippen LogP contribution >= 0.6 is 0 Å². The Labute approximate surface area is 201 Å². The van der Waals surface area contributed by atoms with Gasteiger partial charge in [0.2, 0.25) is 0 Å². The molecule has 1 N–H and O–H groups in total. The van der Waals surface area contributed by atoms with Crippen LogP contribution in [0.15, 0.2) is 48.0 Å². The lowest BCUT2D eigenvalue weighted by Crippen LogP contribution is -2.37. The molecule has 1 amide bonds. The molecule has 0 spiro atoms. The first kappa shape index (κ1) is 23.9. The number of carbonyl (C=O) groups excluding carboxylic acids is 2. The van der Waals surface area contributed by atoms with Crippen LogP contribution in [-0.4, -0.2) is 40.4 Å². The minimum absolute atomic E-state index is 0.0208. The Morgan fingerprint density at radius 2 is 1.85 bits per heavy atom. The smallest absolute Gasteiger partial charge is 0.295 e. The highest BCUT2D eigenvalue weighted by Crippen LogP contribution is 2.44. The van der Waals surface area contributed by atoms with Crippen molar-refractivity contribution in [3.05, 3.63) is 64.7 Å². The van der Waals surface area contributed by atoms with Crippen molar-refractivity contribution < 1.29 is 24.2 Å². The van der Waals surface area contributed by atoms with Crippen molar-refractivity contribution in [2.75, 3.05) is 6.61 Å². The molecule has 0 radical (unpaired) electrons. The third-order valence-corrected chi connectivity index (χ3v) is 6.49. The molecule has 2 fully saturated rings. The van der Waals surface area contributed by atoms with Gasteiger partial charge >= 0.3 is 0 Å². The zero-order valence-corrected chi connectivity index (χ0v) is 20.3. The zero-order chi connectivity index (χ0) is 24.4. The lowest BCUT2D eigenvalue weighted by molar-refractivity contribution is -0.141. The summed E-state index contributed by atoms with van der Waals surface area (Å²) in [5.74, 6) is 0.0416. The van der Waals surface area contributed by atoms with Crippen molar-refractivity contribution >= 4 is 17.4 Å². The Balaban J connectivity index is 1.84. The molecule has 180 valence electrons. The lowest BCUT2D eigenvalue weighted by atomic mass is 9.94. The van der Waals surface area contributed by atoms with Crippen LogP contribution in [0.1, 0.15) is 69.2 Å². The number of aliphatic hydroxyl groups excluding tert-OH is 1. The first-order valence-corrected chi connectivity index (χ1v) is 12.1. The number of likely N-dealkylation sites (tertiary alicyclic amines) is 1. The molecule has 1 aliphatic heterocycles. The molecule has 1 saturated heterocycles. The summed E-state index contributed by atoms with van der Waals surface area (Å²) in [4.78, 5) is 28.3. The van der Waals surface area contributed by atoms with Crippen molar-refractivity contribution in [1.82, 2.24) is 4.90 Å². The van der Waals surface area contributed by atoms with E-state index < -0.39 is 17.7 Å². The maximum Gasteiger partial charge on any atom is 0.295 e. The largest absolute Gasteiger partial charge is 0.507 e. The summed E-state index contributed by atoms with van der Waals surface area (Å²) in [6.07, 6.45) is 3.78. The summed E-state index contributed by atoms with van der Waals surface area (Å²) >= 11 is 0. The van der Waals surface area contributed by atoms with E-state index in [1.54, 1.807) is 23.1 Å². The number of carbonyl (C=O) groups is 2. The molecular weight excluding hydrogens is 430 g/mol. The number of rotatable bonds is 7. The van der Waals surface area contributed by atoms with Crippen LogP contribution < -0.4 is 9.47 Å². The number of hydrogen-bond acceptors (Lipinski definition) is 5. The molecule has 2 aromatic rings. The third kappa shape index (κ3) is 4.54. The fourth-order valence-electron chi connectivity index (χ4n) is 5.02. The van der Waals surface area contributed by atoms with E-state index in [1.165, 1.54) is 0 Å². The van der Waals surface area contributed by atoms with Gasteiger partial charge in [0.15, 0.2) is 0 Å². The average molecular weight is 464 g/mol. The van der Waals surface area contributed by atoms with Crippen molar-refractivity contribution in [3.8, 4) is 11.5 Å². The molecule has 6 nitrogen and oxygen atoms in total. The molecule has 1 heterocycles. The van der Waals surface area contributed by atoms with Crippen LogP contribution in [0.3, 0.4) is 0 Å². The van der Waals surface area contributed by atoms with Crippen LogP contribution in [0.25, 0.3) is 5.76 Å². The highest BCUT2D eigenvalue weighted by Gasteiger charge is 2.49. The number of ether oxygens (including phenoxy) is 2. The Bertz CT molecular complexity index is 1110. The van der Waals surface area contributed by atoms with E-state index in [4.69, 9.17) is 9.47 Å². The first-order valence-electron chi connectivity index (χ1n) is 12.1. The summed E-state index contributed by atoms with van der Waals surface area (Å²) in [5, 5.41) is 11.4. The van der Waals surface area contributed by atoms with Gasteiger partial charge in [-0.1, -0.05) is 25.0 Å². The number of hydrogen-bond donors (Lipinski definition) is 1. The van der Waals surface area contributed by atoms with Crippen molar-refractivity contribution in [3.63, 3.8) is 0 Å². The standard InChI is InChI=1S/C28H33NO5/c1-5-33-22-12-8-9-19(16-22)25-24(27(31)28(32)29(25)21-10-6-7-11-21)26(30)20-13-14-23(18(4)15-20)34-17(2)3/h8-9,12-17,21,25,30H,5-7,10-11H2,1-4H3/b26-24+. The minimum atomic E-state index is -0.657. The van der Waals surface area contributed by atoms with Crippen LogP contribution in [0.2, 0.25) is 0 Å². The molecule has 1 unspecified atom stereocenters. The van der Waals surface area contributed by atoms with E-state index in [0.29, 0.717) is 17.9 Å². The second kappa shape index (κ2) is 9.92. The zero-order valence-electron chi connectivity index (χ0n) is 20.3. The minimum Gasteiger partial charge on any atom is -0.507 e. The van der Waals surface area contributed by atoms with E-state index in [9.17, 15) is 14.7 Å². The lowest BCUT2D eigenvalue weighted by Gasteiger charge is -2.31. The molecule has 4 rings (SSSR count). The number of aliphatic hydroxyl groups is 1. The van der Waals surface area contributed by atoms with Crippen LogP contribution in [0, 0.1) is 6.92 Å². The monoisotopic (exact) mass is 463 g/mol. The fourth-order valence-corrected chi connectivity index (χ4v) is 5.02. The predicted octanol–water partition coefficient (Wildman–Crippen LogP) is 5.55. The molecule has 2 aromatic carbocycles. The summed E-state index contributed by atoms with van der Waals surface area (Å²) in [6, 6.07) is 12.1. The van der Waals surface area contributed by atoms with Crippen molar-refractivity contribution in [2.45, 2.75) is 71.6 Å². The van der Waals surface area contributed by atoms with Crippen molar-refractivity contribution in [1.29, 1.82) is 0 Å². The molecule has 1 aliphatic carbocycles. The quantitative estimate of drug-likeness (QED) is 0.331. The van der Waals surface area contributed by atoms with Gasteiger partial charge in [0.05, 0.1) is 24.3 Å². The van der Waals surface area contributed by atoms with Gasteiger partial charge in [0.25, 0.3) is 11.7 Å². The van der Waals surface area contributed by atoms with Gasteiger partial charge < -0.3 is 19.5 Å². The number of benzene rings is 2. The summed E-state index contributed by atoms with van der Waals surface area (Å²) in [5.41, 5.74) is 2.22. The maximum absolute atomic E-state index is 13.3. The number of nitrogens with zero attached hydrogens (tertiary/aromatic N) is 1. The highest BCUT2D eigenvalue weighted by atomic mass is 16.5. The molecule has 2 aliphatic rings. The number of Topliss-reactive ketones (excluding diaryl/α,β-unsaturated/α-hetero) is 1. The van der Waals surface area contributed by atoms with E-state index in [0.717, 1.165) is 42.6 Å². The van der Waals surface area contributed by atoms with Crippen molar-refractivity contribution in [2.24, 2.45) is 0 Å². The Hall–Kier alpha value is -3.28. The van der Waals surface area contributed by atoms with Gasteiger partial charge in [-0.3, -0.25) is 9.59 Å². The number of aryl methyl sites for hydroxylation is 1. The van der Waals surface area contributed by atoms with E-state index in [-0.39, 0.29) is 23.5 Å². The van der Waals surface area contributed by atoms with Crippen LogP contribution in [0.5, 0.6) is 11.5 Å². The van der Waals surface area contributed by atoms with Gasteiger partial charge in [-0.05, 0) is 82.0 Å². The van der Waals surface area contributed by atoms with E-state index in [2.05, 4.69) is 0 Å². The number of ketones is 1. The topological polar surface area (TPSA) is 76.1 Å². The number of amides is 1. The second-order valence-electron chi connectivity index (χ2n) is 9.30. The summed E-state index contributed by atoms with van der Waals surface area (Å²) in [7, 11) is 0. The second-order valence-corrected chi connectivity index (χ2v) is 9.30. The summed E-state index contributed by atoms with van der Waals surface area (Å²) in [6.45, 7) is 8.22. The summed E-state index contributed by atoms with van der Waals surface area (Å²) < 4.78 is 11.5. The first-order chi connectivity index (χ1) is 16.3. The molecule has 1 atom stereocenters. The molecule has 0 bridgehead atoms. The van der Waals surface area contributed by atoms with Crippen LogP contribution in [0.4, 0.5) is 0 Å².